The van der Waals surface area contributed by atoms with E-state index < -0.39 is 0 Å². The molecule has 1 aromatic carbocycles. The monoisotopic (exact) mass is 262 g/mol. The van der Waals surface area contributed by atoms with Crippen LogP contribution in [0.5, 0.6) is 0 Å². The van der Waals surface area contributed by atoms with Crippen molar-refractivity contribution in [3.63, 3.8) is 0 Å². The zero-order valence-electron chi connectivity index (χ0n) is 10.4. The maximum absolute atomic E-state index is 13.3. The van der Waals surface area contributed by atoms with Crippen molar-refractivity contribution in [1.29, 1.82) is 0 Å². The molecule has 5 nitrogen and oxygen atoms in total. The van der Waals surface area contributed by atoms with E-state index in [-0.39, 0.29) is 11.9 Å². The van der Waals surface area contributed by atoms with E-state index in [9.17, 15) is 4.39 Å². The van der Waals surface area contributed by atoms with Gasteiger partial charge in [-0.15, -0.1) is 5.10 Å². The molecule has 0 spiro atoms. The van der Waals surface area contributed by atoms with Crippen LogP contribution >= 0.6 is 0 Å². The summed E-state index contributed by atoms with van der Waals surface area (Å²) in [5.41, 5.74) is 7.87. The second kappa shape index (κ2) is 5.07. The largest absolute Gasteiger partial charge is 0.372 e. The Bertz CT molecular complexity index is 578. The molecule has 0 bridgehead atoms. The second-order valence-electron chi connectivity index (χ2n) is 4.52. The summed E-state index contributed by atoms with van der Waals surface area (Å²) in [6.45, 7) is 1.02. The van der Waals surface area contributed by atoms with Crippen LogP contribution in [0.25, 0.3) is 5.69 Å². The van der Waals surface area contributed by atoms with Crippen LogP contribution in [0, 0.1) is 5.82 Å². The van der Waals surface area contributed by atoms with E-state index in [1.165, 1.54) is 12.1 Å². The van der Waals surface area contributed by atoms with Gasteiger partial charge in [0.05, 0.1) is 11.4 Å². The number of nitrogens with zero attached hydrogens (tertiary/aromatic N) is 3. The van der Waals surface area contributed by atoms with Crippen LogP contribution < -0.4 is 5.73 Å². The lowest BCUT2D eigenvalue weighted by Crippen LogP contribution is -2.11. The van der Waals surface area contributed by atoms with Gasteiger partial charge in [0.1, 0.15) is 17.6 Å². The second-order valence-corrected chi connectivity index (χ2v) is 4.52. The minimum atomic E-state index is -0.305. The quantitative estimate of drug-likeness (QED) is 0.914. The minimum Gasteiger partial charge on any atom is -0.372 e. The van der Waals surface area contributed by atoms with Crippen molar-refractivity contribution in [1.82, 2.24) is 15.0 Å². The summed E-state index contributed by atoms with van der Waals surface area (Å²) in [4.78, 5) is 0. The predicted molar refractivity (Wildman–Crippen MR) is 67.1 cm³/mol. The number of aromatic nitrogens is 3. The van der Waals surface area contributed by atoms with Crippen LogP contribution in [0.4, 0.5) is 4.39 Å². The highest BCUT2D eigenvalue weighted by molar-refractivity contribution is 5.34. The zero-order chi connectivity index (χ0) is 13.2. The Labute approximate surface area is 110 Å². The Balaban J connectivity index is 2.08. The third-order valence-electron chi connectivity index (χ3n) is 3.26. The van der Waals surface area contributed by atoms with Crippen molar-refractivity contribution < 1.29 is 9.13 Å². The minimum absolute atomic E-state index is 0.0585. The van der Waals surface area contributed by atoms with Crippen molar-refractivity contribution in [2.24, 2.45) is 5.73 Å². The highest BCUT2D eigenvalue weighted by Gasteiger charge is 2.26. The number of benzene rings is 1. The van der Waals surface area contributed by atoms with Gasteiger partial charge in [0.2, 0.25) is 0 Å². The average molecular weight is 262 g/mol. The van der Waals surface area contributed by atoms with E-state index in [4.69, 9.17) is 10.5 Å². The Morgan fingerprint density at radius 1 is 1.47 bits per heavy atom. The van der Waals surface area contributed by atoms with Crippen molar-refractivity contribution in [3.05, 3.63) is 41.5 Å². The van der Waals surface area contributed by atoms with Crippen molar-refractivity contribution in [2.45, 2.75) is 25.5 Å². The summed E-state index contributed by atoms with van der Waals surface area (Å²) < 4.78 is 20.6. The molecule has 1 unspecified atom stereocenters. The summed E-state index contributed by atoms with van der Waals surface area (Å²) in [7, 11) is 0. The van der Waals surface area contributed by atoms with E-state index in [1.807, 2.05) is 0 Å². The SMILES string of the molecule is NCc1nnn(-c2cccc(F)c2)c1C1CCCO1. The molecule has 100 valence electrons. The first-order valence-electron chi connectivity index (χ1n) is 6.31. The van der Waals surface area contributed by atoms with Gasteiger partial charge in [-0.25, -0.2) is 9.07 Å². The molecule has 0 saturated carbocycles. The highest BCUT2D eigenvalue weighted by Crippen LogP contribution is 2.31. The van der Waals surface area contributed by atoms with Gasteiger partial charge < -0.3 is 10.5 Å². The molecule has 1 atom stereocenters. The molecule has 1 saturated heterocycles. The summed E-state index contributed by atoms with van der Waals surface area (Å²) >= 11 is 0. The normalized spacial score (nSPS) is 18.9. The number of rotatable bonds is 3. The van der Waals surface area contributed by atoms with E-state index in [0.717, 1.165) is 25.1 Å². The van der Waals surface area contributed by atoms with Crippen LogP contribution in [0.15, 0.2) is 24.3 Å². The van der Waals surface area contributed by atoms with E-state index in [0.29, 0.717) is 17.9 Å². The molecule has 0 amide bonds. The van der Waals surface area contributed by atoms with E-state index in [2.05, 4.69) is 10.3 Å². The number of ether oxygens (including phenoxy) is 1. The molecule has 2 N–H and O–H groups in total. The van der Waals surface area contributed by atoms with Crippen LogP contribution in [0.1, 0.15) is 30.3 Å². The van der Waals surface area contributed by atoms with Gasteiger partial charge in [0.25, 0.3) is 0 Å². The Morgan fingerprint density at radius 3 is 3.05 bits per heavy atom. The third-order valence-corrected chi connectivity index (χ3v) is 3.26. The Morgan fingerprint density at radius 2 is 2.37 bits per heavy atom. The third kappa shape index (κ3) is 2.24. The molecule has 19 heavy (non-hydrogen) atoms. The number of nitrogens with two attached hydrogens (primary N) is 1. The molecule has 6 heteroatoms. The first kappa shape index (κ1) is 12.3. The van der Waals surface area contributed by atoms with Crippen LogP contribution in [-0.4, -0.2) is 21.6 Å². The van der Waals surface area contributed by atoms with Gasteiger partial charge in [0.15, 0.2) is 0 Å². The van der Waals surface area contributed by atoms with Crippen LogP contribution in [-0.2, 0) is 11.3 Å². The summed E-state index contributed by atoms with van der Waals surface area (Å²) in [5.74, 6) is -0.305. The lowest BCUT2D eigenvalue weighted by Gasteiger charge is -2.13. The number of hydrogen-bond acceptors (Lipinski definition) is 4. The zero-order valence-corrected chi connectivity index (χ0v) is 10.4. The van der Waals surface area contributed by atoms with Crippen molar-refractivity contribution in [2.75, 3.05) is 6.61 Å². The summed E-state index contributed by atoms with van der Waals surface area (Å²) in [6, 6.07) is 6.26. The Kier molecular flexibility index (Phi) is 3.27. The molecule has 3 rings (SSSR count). The van der Waals surface area contributed by atoms with Crippen LogP contribution in [0.3, 0.4) is 0 Å². The topological polar surface area (TPSA) is 66.0 Å². The standard InChI is InChI=1S/C13H15FN4O/c14-9-3-1-4-10(7-9)18-13(11(8-15)16-17-18)12-5-2-6-19-12/h1,3-4,7,12H,2,5-6,8,15H2. The molecule has 2 aromatic rings. The van der Waals surface area contributed by atoms with Gasteiger partial charge >= 0.3 is 0 Å². The first-order valence-corrected chi connectivity index (χ1v) is 6.31. The van der Waals surface area contributed by atoms with Crippen molar-refractivity contribution >= 4 is 0 Å². The predicted octanol–water partition coefficient (Wildman–Crippen LogP) is 1.72. The fraction of sp³-hybridized carbons (Fsp3) is 0.385. The van der Waals surface area contributed by atoms with Crippen molar-refractivity contribution in [3.8, 4) is 5.69 Å². The van der Waals surface area contributed by atoms with Gasteiger partial charge in [-0.05, 0) is 31.0 Å². The van der Waals surface area contributed by atoms with Gasteiger partial charge in [-0.3, -0.25) is 0 Å². The summed E-state index contributed by atoms with van der Waals surface area (Å²) in [6.07, 6.45) is 1.86. The van der Waals surface area contributed by atoms with Crippen LogP contribution in [0.2, 0.25) is 0 Å². The van der Waals surface area contributed by atoms with E-state index >= 15 is 0 Å². The summed E-state index contributed by atoms with van der Waals surface area (Å²) in [5, 5.41) is 8.15. The molecular weight excluding hydrogens is 247 g/mol. The average Bonchev–Trinajstić information content (AvgIpc) is 3.07. The van der Waals surface area contributed by atoms with E-state index in [1.54, 1.807) is 16.8 Å². The van der Waals surface area contributed by atoms with Gasteiger partial charge in [0, 0.05) is 13.2 Å². The molecule has 1 aromatic heterocycles. The van der Waals surface area contributed by atoms with Gasteiger partial charge in [-0.2, -0.15) is 0 Å². The molecule has 2 heterocycles. The van der Waals surface area contributed by atoms with Gasteiger partial charge in [-0.1, -0.05) is 11.3 Å². The number of halogens is 1. The lowest BCUT2D eigenvalue weighted by molar-refractivity contribution is 0.106. The maximum atomic E-state index is 13.3. The first-order chi connectivity index (χ1) is 9.29. The molecule has 0 aliphatic carbocycles. The molecule has 0 radical (unpaired) electrons. The molecule has 1 aliphatic heterocycles. The number of hydrogen-bond donors (Lipinski definition) is 1. The fourth-order valence-electron chi connectivity index (χ4n) is 2.38. The maximum Gasteiger partial charge on any atom is 0.125 e. The Hall–Kier alpha value is -1.79. The highest BCUT2D eigenvalue weighted by atomic mass is 19.1. The fourth-order valence-corrected chi connectivity index (χ4v) is 2.38. The smallest absolute Gasteiger partial charge is 0.125 e. The molecule has 1 aliphatic rings. The molecule has 1 fully saturated rings. The molecular formula is C13H15FN4O. The lowest BCUT2D eigenvalue weighted by atomic mass is 10.1.